The van der Waals surface area contributed by atoms with E-state index in [1.54, 1.807) is 12.3 Å². The van der Waals surface area contributed by atoms with Crippen LogP contribution in [0.15, 0.2) is 17.1 Å². The summed E-state index contributed by atoms with van der Waals surface area (Å²) in [6, 6.07) is 1.60. The van der Waals surface area contributed by atoms with Gasteiger partial charge in [-0.3, -0.25) is 4.79 Å². The third-order valence-corrected chi connectivity index (χ3v) is 2.68. The Hall–Kier alpha value is -1.07. The molecule has 0 fully saturated rings. The summed E-state index contributed by atoms with van der Waals surface area (Å²) in [5.41, 5.74) is 0.740. The Labute approximate surface area is 112 Å². The van der Waals surface area contributed by atoms with Crippen LogP contribution in [0.2, 0.25) is 0 Å². The molecular formula is C12H20ClN3O2. The molecular weight excluding hydrogens is 254 g/mol. The molecule has 0 spiro atoms. The number of anilines is 1. The molecule has 0 saturated heterocycles. The number of hydrogen-bond acceptors (Lipinski definition) is 4. The van der Waals surface area contributed by atoms with Gasteiger partial charge in [-0.1, -0.05) is 6.92 Å². The van der Waals surface area contributed by atoms with Crippen molar-refractivity contribution < 1.29 is 4.74 Å². The second-order valence-corrected chi connectivity index (χ2v) is 4.38. The lowest BCUT2D eigenvalue weighted by Gasteiger charge is -2.17. The number of alkyl halides is 1. The fraction of sp³-hybridized carbons (Fsp3) is 0.667. The molecule has 0 radical (unpaired) electrons. The van der Waals surface area contributed by atoms with Crippen LogP contribution >= 0.6 is 11.6 Å². The number of halogens is 1. The van der Waals surface area contributed by atoms with Crippen molar-refractivity contribution in [2.24, 2.45) is 0 Å². The van der Waals surface area contributed by atoms with Crippen LogP contribution < -0.4 is 10.5 Å². The Morgan fingerprint density at radius 2 is 2.28 bits per heavy atom. The van der Waals surface area contributed by atoms with E-state index in [1.165, 1.54) is 4.68 Å². The number of aromatic nitrogens is 2. The molecule has 0 bridgehead atoms. The molecule has 0 amide bonds. The first-order chi connectivity index (χ1) is 8.69. The van der Waals surface area contributed by atoms with Crippen LogP contribution in [0.25, 0.3) is 0 Å². The number of nitrogens with zero attached hydrogens (tertiary/aromatic N) is 3. The highest BCUT2D eigenvalue weighted by molar-refractivity contribution is 6.17. The number of hydrogen-bond donors (Lipinski definition) is 0. The summed E-state index contributed by atoms with van der Waals surface area (Å²) in [6.07, 6.45) is 2.74. The molecule has 18 heavy (non-hydrogen) atoms. The first kappa shape index (κ1) is 15.0. The summed E-state index contributed by atoms with van der Waals surface area (Å²) in [4.78, 5) is 13.8. The van der Waals surface area contributed by atoms with E-state index in [9.17, 15) is 4.79 Å². The number of rotatable bonds is 8. The van der Waals surface area contributed by atoms with Crippen molar-refractivity contribution in [3.63, 3.8) is 0 Å². The van der Waals surface area contributed by atoms with Crippen molar-refractivity contribution >= 4 is 17.3 Å². The van der Waals surface area contributed by atoms with Gasteiger partial charge in [-0.15, -0.1) is 11.6 Å². The maximum absolute atomic E-state index is 11.8. The van der Waals surface area contributed by atoms with Crippen LogP contribution in [0, 0.1) is 0 Å². The van der Waals surface area contributed by atoms with Gasteiger partial charge in [0.1, 0.15) is 0 Å². The molecule has 0 saturated carbocycles. The molecule has 0 aromatic carbocycles. The highest BCUT2D eigenvalue weighted by atomic mass is 35.5. The predicted octanol–water partition coefficient (Wildman–Crippen LogP) is 1.34. The maximum Gasteiger partial charge on any atom is 0.268 e. The SMILES string of the molecule is CCCN(C)c1cnn(CCOCCCl)c(=O)c1. The largest absolute Gasteiger partial charge is 0.378 e. The quantitative estimate of drug-likeness (QED) is 0.530. The van der Waals surface area contributed by atoms with Crippen molar-refractivity contribution in [1.29, 1.82) is 0 Å². The fourth-order valence-electron chi connectivity index (χ4n) is 1.57. The second kappa shape index (κ2) is 8.11. The normalized spacial score (nSPS) is 10.6. The highest BCUT2D eigenvalue weighted by Crippen LogP contribution is 2.06. The van der Waals surface area contributed by atoms with Gasteiger partial charge < -0.3 is 9.64 Å². The summed E-state index contributed by atoms with van der Waals surface area (Å²) in [7, 11) is 1.95. The highest BCUT2D eigenvalue weighted by Gasteiger charge is 2.03. The van der Waals surface area contributed by atoms with E-state index in [4.69, 9.17) is 16.3 Å². The summed E-state index contributed by atoms with van der Waals surface area (Å²) in [5.74, 6) is 0.461. The zero-order valence-corrected chi connectivity index (χ0v) is 11.7. The Bertz CT molecular complexity index is 409. The summed E-state index contributed by atoms with van der Waals surface area (Å²) in [6.45, 7) is 4.40. The van der Waals surface area contributed by atoms with Crippen LogP contribution in [-0.4, -0.2) is 42.5 Å². The van der Waals surface area contributed by atoms with Crippen molar-refractivity contribution in [3.8, 4) is 0 Å². The van der Waals surface area contributed by atoms with Crippen LogP contribution in [0.5, 0.6) is 0 Å². The van der Waals surface area contributed by atoms with Crippen molar-refractivity contribution in [1.82, 2.24) is 9.78 Å². The third kappa shape index (κ3) is 4.66. The van der Waals surface area contributed by atoms with Crippen molar-refractivity contribution in [2.75, 3.05) is 37.6 Å². The molecule has 6 heteroatoms. The summed E-state index contributed by atoms with van der Waals surface area (Å²) >= 11 is 5.49. The zero-order valence-electron chi connectivity index (χ0n) is 10.9. The van der Waals surface area contributed by atoms with E-state index in [1.807, 2.05) is 11.9 Å². The molecule has 5 nitrogen and oxygen atoms in total. The van der Waals surface area contributed by atoms with E-state index in [0.717, 1.165) is 18.7 Å². The van der Waals surface area contributed by atoms with E-state index >= 15 is 0 Å². The molecule has 1 heterocycles. The minimum atomic E-state index is -0.107. The van der Waals surface area contributed by atoms with E-state index in [-0.39, 0.29) is 5.56 Å². The molecule has 1 aromatic heterocycles. The standard InChI is InChI=1S/C12H20ClN3O2/c1-3-5-15(2)11-9-12(17)16(14-10-11)6-8-18-7-4-13/h9-10H,3-8H2,1-2H3. The second-order valence-electron chi connectivity index (χ2n) is 4.00. The molecule has 0 unspecified atom stereocenters. The third-order valence-electron chi connectivity index (χ3n) is 2.52. The molecule has 102 valence electrons. The Morgan fingerprint density at radius 3 is 2.89 bits per heavy atom. The summed E-state index contributed by atoms with van der Waals surface area (Å²) in [5, 5.41) is 4.13. The zero-order chi connectivity index (χ0) is 13.4. The lowest BCUT2D eigenvalue weighted by atomic mass is 10.3. The average molecular weight is 274 g/mol. The van der Waals surface area contributed by atoms with E-state index < -0.39 is 0 Å². The van der Waals surface area contributed by atoms with Crippen LogP contribution in [-0.2, 0) is 11.3 Å². The van der Waals surface area contributed by atoms with Crippen LogP contribution in [0.1, 0.15) is 13.3 Å². The van der Waals surface area contributed by atoms with Crippen LogP contribution in [0.4, 0.5) is 5.69 Å². The van der Waals surface area contributed by atoms with Gasteiger partial charge in [-0.05, 0) is 6.42 Å². The molecule has 0 aliphatic rings. The van der Waals surface area contributed by atoms with Crippen molar-refractivity contribution in [3.05, 3.63) is 22.6 Å². The van der Waals surface area contributed by atoms with Gasteiger partial charge in [0, 0.05) is 25.5 Å². The molecule has 1 rings (SSSR count). The fourth-order valence-corrected chi connectivity index (χ4v) is 1.68. The molecule has 0 N–H and O–H groups in total. The topological polar surface area (TPSA) is 47.4 Å². The van der Waals surface area contributed by atoms with Gasteiger partial charge in [0.05, 0.1) is 31.6 Å². The Kier molecular flexibility index (Phi) is 6.75. The van der Waals surface area contributed by atoms with E-state index in [2.05, 4.69) is 12.0 Å². The minimum absolute atomic E-state index is 0.107. The van der Waals surface area contributed by atoms with Gasteiger partial charge in [-0.25, -0.2) is 4.68 Å². The lowest BCUT2D eigenvalue weighted by Crippen LogP contribution is -2.27. The van der Waals surface area contributed by atoms with Gasteiger partial charge in [0.15, 0.2) is 0 Å². The van der Waals surface area contributed by atoms with Gasteiger partial charge in [-0.2, -0.15) is 5.10 Å². The van der Waals surface area contributed by atoms with Crippen molar-refractivity contribution in [2.45, 2.75) is 19.9 Å². The monoisotopic (exact) mass is 273 g/mol. The molecule has 0 aliphatic carbocycles. The number of ether oxygens (including phenoxy) is 1. The van der Waals surface area contributed by atoms with E-state index in [0.29, 0.717) is 25.6 Å². The smallest absolute Gasteiger partial charge is 0.268 e. The molecule has 0 aliphatic heterocycles. The minimum Gasteiger partial charge on any atom is -0.378 e. The van der Waals surface area contributed by atoms with Gasteiger partial charge in [0.2, 0.25) is 0 Å². The average Bonchev–Trinajstić information content (AvgIpc) is 2.36. The maximum atomic E-state index is 11.8. The molecule has 0 atom stereocenters. The first-order valence-electron chi connectivity index (χ1n) is 6.11. The predicted molar refractivity (Wildman–Crippen MR) is 73.6 cm³/mol. The molecule has 1 aromatic rings. The van der Waals surface area contributed by atoms with Gasteiger partial charge in [0.25, 0.3) is 5.56 Å². The Balaban J connectivity index is 2.59. The first-order valence-corrected chi connectivity index (χ1v) is 6.64. The lowest BCUT2D eigenvalue weighted by molar-refractivity contribution is 0.136. The van der Waals surface area contributed by atoms with Gasteiger partial charge >= 0.3 is 0 Å². The van der Waals surface area contributed by atoms with Crippen LogP contribution in [0.3, 0.4) is 0 Å². The Morgan fingerprint density at radius 1 is 1.50 bits per heavy atom. The summed E-state index contributed by atoms with van der Waals surface area (Å²) < 4.78 is 6.62.